The Balaban J connectivity index is 0.00000172. The lowest BCUT2D eigenvalue weighted by Crippen LogP contribution is -2.03. The molecule has 0 aromatic carbocycles. The van der Waals surface area contributed by atoms with Gasteiger partial charge in [0.25, 0.3) is 0 Å². The third-order valence-corrected chi connectivity index (χ3v) is 3.96. The van der Waals surface area contributed by atoms with Crippen molar-refractivity contribution in [1.82, 2.24) is 0 Å². The Hall–Kier alpha value is -0.120. The van der Waals surface area contributed by atoms with Crippen LogP contribution in [0.25, 0.3) is 0 Å². The zero-order chi connectivity index (χ0) is 14.9. The first kappa shape index (κ1) is 19.9. The van der Waals surface area contributed by atoms with Gasteiger partial charge in [-0.05, 0) is 25.7 Å². The van der Waals surface area contributed by atoms with E-state index in [-0.39, 0.29) is 0 Å². The van der Waals surface area contributed by atoms with Crippen molar-refractivity contribution in [2.75, 3.05) is 20.3 Å². The predicted molar refractivity (Wildman–Crippen MR) is 85.0 cm³/mol. The summed E-state index contributed by atoms with van der Waals surface area (Å²) in [6, 6.07) is 0. The summed E-state index contributed by atoms with van der Waals surface area (Å²) in [5, 5.41) is 15.7. The third-order valence-electron chi connectivity index (χ3n) is 3.96. The smallest absolute Gasteiger partial charge is 0.0576 e. The van der Waals surface area contributed by atoms with Crippen LogP contribution >= 0.6 is 0 Å². The molecule has 0 saturated carbocycles. The van der Waals surface area contributed by atoms with E-state index in [2.05, 4.69) is 0 Å². The lowest BCUT2D eigenvalue weighted by atomic mass is 10.0. The SMILES string of the molecule is CO.OCCCCCCCCCCCCC1CCCO1. The van der Waals surface area contributed by atoms with Crippen LogP contribution in [0.2, 0.25) is 0 Å². The van der Waals surface area contributed by atoms with Gasteiger partial charge in [-0.1, -0.05) is 57.8 Å². The standard InChI is InChI=1S/C16H32O2.CH4O/c17-14-10-8-6-4-2-1-3-5-7-9-12-16-13-11-15-18-16;1-2/h16-17H,1-15H2;2H,1H3. The van der Waals surface area contributed by atoms with Gasteiger partial charge in [-0.2, -0.15) is 0 Å². The van der Waals surface area contributed by atoms with Gasteiger partial charge < -0.3 is 14.9 Å². The highest BCUT2D eigenvalue weighted by Crippen LogP contribution is 2.19. The molecule has 3 heteroatoms. The number of ether oxygens (including phenoxy) is 1. The quantitative estimate of drug-likeness (QED) is 0.532. The lowest BCUT2D eigenvalue weighted by Gasteiger charge is -2.08. The Morgan fingerprint density at radius 1 is 0.800 bits per heavy atom. The predicted octanol–water partition coefficient (Wildman–Crippen LogP) is 4.06. The number of aliphatic hydroxyl groups is 2. The Labute approximate surface area is 125 Å². The van der Waals surface area contributed by atoms with Crippen LogP contribution in [0.4, 0.5) is 0 Å². The molecule has 0 aliphatic carbocycles. The van der Waals surface area contributed by atoms with Crippen molar-refractivity contribution in [2.24, 2.45) is 0 Å². The molecule has 0 radical (unpaired) electrons. The van der Waals surface area contributed by atoms with Crippen molar-refractivity contribution in [1.29, 1.82) is 0 Å². The van der Waals surface area contributed by atoms with E-state index in [9.17, 15) is 0 Å². The highest BCUT2D eigenvalue weighted by atomic mass is 16.5. The normalized spacial score (nSPS) is 17.9. The summed E-state index contributed by atoms with van der Waals surface area (Å²) in [6.07, 6.45) is 17.7. The van der Waals surface area contributed by atoms with Crippen molar-refractivity contribution >= 4 is 0 Å². The van der Waals surface area contributed by atoms with E-state index < -0.39 is 0 Å². The average Bonchev–Trinajstić information content (AvgIpc) is 3.00. The van der Waals surface area contributed by atoms with E-state index in [1.165, 1.54) is 77.0 Å². The van der Waals surface area contributed by atoms with E-state index in [1.54, 1.807) is 0 Å². The molecule has 1 aliphatic rings. The summed E-state index contributed by atoms with van der Waals surface area (Å²) in [6.45, 7) is 1.37. The second kappa shape index (κ2) is 16.9. The fourth-order valence-electron chi connectivity index (χ4n) is 2.77. The molecule has 1 rings (SSSR count). The van der Waals surface area contributed by atoms with Crippen molar-refractivity contribution in [3.63, 3.8) is 0 Å². The molecule has 1 fully saturated rings. The molecular formula is C17H36O3. The highest BCUT2D eigenvalue weighted by molar-refractivity contribution is 4.64. The van der Waals surface area contributed by atoms with Gasteiger partial charge in [0.05, 0.1) is 6.10 Å². The second-order valence-electron chi connectivity index (χ2n) is 5.68. The molecular weight excluding hydrogens is 252 g/mol. The van der Waals surface area contributed by atoms with E-state index in [4.69, 9.17) is 14.9 Å². The van der Waals surface area contributed by atoms with Crippen LogP contribution in [0, 0.1) is 0 Å². The zero-order valence-corrected chi connectivity index (χ0v) is 13.5. The molecule has 0 aromatic rings. The van der Waals surface area contributed by atoms with Gasteiger partial charge in [-0.15, -0.1) is 0 Å². The topological polar surface area (TPSA) is 49.7 Å². The molecule has 1 unspecified atom stereocenters. The van der Waals surface area contributed by atoms with Gasteiger partial charge in [0.2, 0.25) is 0 Å². The first-order valence-electron chi connectivity index (χ1n) is 8.60. The van der Waals surface area contributed by atoms with Crippen molar-refractivity contribution in [3.8, 4) is 0 Å². The Morgan fingerprint density at radius 2 is 1.30 bits per heavy atom. The number of hydrogen-bond acceptors (Lipinski definition) is 3. The molecule has 1 atom stereocenters. The summed E-state index contributed by atoms with van der Waals surface area (Å²) < 4.78 is 5.63. The van der Waals surface area contributed by atoms with Gasteiger partial charge >= 0.3 is 0 Å². The minimum atomic E-state index is 0.366. The molecule has 20 heavy (non-hydrogen) atoms. The van der Waals surface area contributed by atoms with Gasteiger partial charge in [0.1, 0.15) is 0 Å². The van der Waals surface area contributed by atoms with Crippen LogP contribution in [0.1, 0.15) is 83.5 Å². The Kier molecular flexibility index (Phi) is 16.8. The van der Waals surface area contributed by atoms with E-state index >= 15 is 0 Å². The van der Waals surface area contributed by atoms with Crippen LogP contribution in [0.5, 0.6) is 0 Å². The molecule has 0 bridgehead atoms. The second-order valence-corrected chi connectivity index (χ2v) is 5.68. The van der Waals surface area contributed by atoms with Crippen LogP contribution in [0.15, 0.2) is 0 Å². The third kappa shape index (κ3) is 12.9. The molecule has 2 N–H and O–H groups in total. The minimum Gasteiger partial charge on any atom is -0.400 e. The fourth-order valence-corrected chi connectivity index (χ4v) is 2.77. The van der Waals surface area contributed by atoms with Crippen LogP contribution < -0.4 is 0 Å². The van der Waals surface area contributed by atoms with E-state index in [0.717, 1.165) is 20.1 Å². The summed E-state index contributed by atoms with van der Waals surface area (Å²) in [5.74, 6) is 0. The summed E-state index contributed by atoms with van der Waals surface area (Å²) in [4.78, 5) is 0. The molecule has 0 amide bonds. The van der Waals surface area contributed by atoms with Crippen LogP contribution in [-0.2, 0) is 4.74 Å². The summed E-state index contributed by atoms with van der Waals surface area (Å²) in [5.41, 5.74) is 0. The first-order chi connectivity index (χ1) is 9.93. The van der Waals surface area contributed by atoms with Crippen molar-refractivity contribution in [3.05, 3.63) is 0 Å². The van der Waals surface area contributed by atoms with E-state index in [1.807, 2.05) is 0 Å². The van der Waals surface area contributed by atoms with Gasteiger partial charge in [0, 0.05) is 20.3 Å². The molecule has 122 valence electrons. The molecule has 1 saturated heterocycles. The minimum absolute atomic E-state index is 0.366. The number of hydrogen-bond donors (Lipinski definition) is 2. The molecule has 0 spiro atoms. The highest BCUT2D eigenvalue weighted by Gasteiger charge is 2.14. The van der Waals surface area contributed by atoms with E-state index in [0.29, 0.717) is 12.7 Å². The number of unbranched alkanes of at least 4 members (excludes halogenated alkanes) is 9. The summed E-state index contributed by atoms with van der Waals surface area (Å²) in [7, 11) is 1.00. The first-order valence-corrected chi connectivity index (χ1v) is 8.60. The maximum Gasteiger partial charge on any atom is 0.0576 e. The number of rotatable bonds is 12. The average molecular weight is 288 g/mol. The van der Waals surface area contributed by atoms with Gasteiger partial charge in [-0.3, -0.25) is 0 Å². The molecule has 1 aliphatic heterocycles. The maximum atomic E-state index is 8.66. The van der Waals surface area contributed by atoms with Gasteiger partial charge in [0.15, 0.2) is 0 Å². The maximum absolute atomic E-state index is 8.66. The van der Waals surface area contributed by atoms with Gasteiger partial charge in [-0.25, -0.2) is 0 Å². The molecule has 1 heterocycles. The van der Waals surface area contributed by atoms with Crippen molar-refractivity contribution in [2.45, 2.75) is 89.6 Å². The molecule has 3 nitrogen and oxygen atoms in total. The van der Waals surface area contributed by atoms with Crippen molar-refractivity contribution < 1.29 is 14.9 Å². The largest absolute Gasteiger partial charge is 0.400 e. The van der Waals surface area contributed by atoms with Crippen LogP contribution in [-0.4, -0.2) is 36.6 Å². The van der Waals surface area contributed by atoms with Crippen LogP contribution in [0.3, 0.4) is 0 Å². The lowest BCUT2D eigenvalue weighted by molar-refractivity contribution is 0.102. The molecule has 0 aromatic heterocycles. The number of aliphatic hydroxyl groups excluding tert-OH is 2. The zero-order valence-electron chi connectivity index (χ0n) is 13.5. The monoisotopic (exact) mass is 288 g/mol. The fraction of sp³-hybridized carbons (Fsp3) is 1.00. The Bertz CT molecular complexity index is 168. The summed E-state index contributed by atoms with van der Waals surface area (Å²) >= 11 is 0. The Morgan fingerprint density at radius 3 is 1.75 bits per heavy atom.